The molecule has 88 valence electrons. The Morgan fingerprint density at radius 1 is 1.41 bits per heavy atom. The van der Waals surface area contributed by atoms with Crippen LogP contribution in [0.3, 0.4) is 0 Å². The van der Waals surface area contributed by atoms with E-state index in [4.69, 9.17) is 5.73 Å². The van der Waals surface area contributed by atoms with Crippen LogP contribution in [-0.2, 0) is 0 Å². The number of rotatable bonds is 3. The summed E-state index contributed by atoms with van der Waals surface area (Å²) in [5, 5.41) is 2.74. The fourth-order valence-electron chi connectivity index (χ4n) is 1.31. The molecule has 2 rings (SSSR count). The van der Waals surface area contributed by atoms with Gasteiger partial charge in [0.15, 0.2) is 0 Å². The molecule has 1 atom stereocenters. The van der Waals surface area contributed by atoms with Crippen LogP contribution in [-0.4, -0.2) is 25.8 Å². The zero-order valence-electron chi connectivity index (χ0n) is 9.21. The van der Waals surface area contributed by atoms with E-state index in [0.29, 0.717) is 5.82 Å². The van der Waals surface area contributed by atoms with Gasteiger partial charge in [0.05, 0.1) is 18.4 Å². The molecule has 0 aromatic carbocycles. The molecule has 0 bridgehead atoms. The van der Waals surface area contributed by atoms with Crippen molar-refractivity contribution in [2.45, 2.75) is 13.0 Å². The maximum Gasteiger partial charge on any atom is 0.272 e. The lowest BCUT2D eigenvalue weighted by Gasteiger charge is -2.10. The van der Waals surface area contributed by atoms with Gasteiger partial charge in [0.25, 0.3) is 5.91 Å². The van der Waals surface area contributed by atoms with Gasteiger partial charge in [-0.2, -0.15) is 0 Å². The molecule has 0 saturated carbocycles. The largest absolute Gasteiger partial charge is 0.382 e. The predicted octanol–water partition coefficient (Wildman–Crippen LogP) is 0.273. The first kappa shape index (κ1) is 11.1. The van der Waals surface area contributed by atoms with Gasteiger partial charge in [0, 0.05) is 12.4 Å². The molecule has 0 radical (unpaired) electrons. The highest BCUT2D eigenvalue weighted by molar-refractivity contribution is 5.92. The molecule has 0 aliphatic heterocycles. The lowest BCUT2D eigenvalue weighted by Crippen LogP contribution is -2.28. The molecule has 7 nitrogen and oxygen atoms in total. The Labute approximate surface area is 97.5 Å². The monoisotopic (exact) mass is 232 g/mol. The third kappa shape index (κ3) is 2.57. The van der Waals surface area contributed by atoms with E-state index in [1.54, 1.807) is 12.4 Å². The molecule has 0 fully saturated rings. The summed E-state index contributed by atoms with van der Waals surface area (Å²) in [5.74, 6) is 0.642. The number of hydrogen-bond donors (Lipinski definition) is 3. The number of carbonyl (C=O) groups excluding carboxylic acids is 1. The summed E-state index contributed by atoms with van der Waals surface area (Å²) in [4.78, 5) is 26.4. The minimum absolute atomic E-state index is 0.220. The number of nitrogen functional groups attached to an aromatic ring is 1. The molecule has 0 saturated heterocycles. The van der Waals surface area contributed by atoms with Crippen LogP contribution in [0.25, 0.3) is 0 Å². The van der Waals surface area contributed by atoms with Gasteiger partial charge in [0.2, 0.25) is 0 Å². The lowest BCUT2D eigenvalue weighted by molar-refractivity contribution is 0.0933. The summed E-state index contributed by atoms with van der Waals surface area (Å²) in [7, 11) is 0. The molecule has 1 amide bonds. The molecule has 4 N–H and O–H groups in total. The van der Waals surface area contributed by atoms with Crippen LogP contribution >= 0.6 is 0 Å². The van der Waals surface area contributed by atoms with Gasteiger partial charge < -0.3 is 16.0 Å². The molecule has 2 heterocycles. The summed E-state index contributed by atoms with van der Waals surface area (Å²) in [5.41, 5.74) is 5.60. The fraction of sp³-hybridized carbons (Fsp3) is 0.200. The maximum atomic E-state index is 11.8. The highest BCUT2D eigenvalue weighted by Gasteiger charge is 2.13. The van der Waals surface area contributed by atoms with E-state index in [-0.39, 0.29) is 23.5 Å². The molecule has 17 heavy (non-hydrogen) atoms. The number of imidazole rings is 1. The Morgan fingerprint density at radius 2 is 2.24 bits per heavy atom. The maximum absolute atomic E-state index is 11.8. The molecule has 2 aromatic rings. The second kappa shape index (κ2) is 4.60. The normalized spacial score (nSPS) is 12.1. The standard InChI is InChI=1S/C10H12N6O/c1-6(9-12-2-3-13-9)16-10(17)7-4-15-8(11)5-14-7/h2-6H,1H3,(H2,11,15)(H,12,13)(H,16,17). The van der Waals surface area contributed by atoms with Crippen molar-refractivity contribution in [3.63, 3.8) is 0 Å². The van der Waals surface area contributed by atoms with Crippen molar-refractivity contribution in [3.8, 4) is 0 Å². The molecule has 2 aromatic heterocycles. The number of aromatic amines is 1. The third-order valence-electron chi connectivity index (χ3n) is 2.18. The number of nitrogens with two attached hydrogens (primary N) is 1. The Kier molecular flexibility index (Phi) is 2.99. The Morgan fingerprint density at radius 3 is 2.82 bits per heavy atom. The van der Waals surface area contributed by atoms with Crippen molar-refractivity contribution < 1.29 is 4.79 Å². The van der Waals surface area contributed by atoms with Crippen molar-refractivity contribution >= 4 is 11.7 Å². The molecular weight excluding hydrogens is 220 g/mol. The van der Waals surface area contributed by atoms with Crippen molar-refractivity contribution in [1.82, 2.24) is 25.3 Å². The quantitative estimate of drug-likeness (QED) is 0.703. The van der Waals surface area contributed by atoms with Gasteiger partial charge in [-0.25, -0.2) is 15.0 Å². The number of H-pyrrole nitrogens is 1. The van der Waals surface area contributed by atoms with E-state index < -0.39 is 0 Å². The zero-order valence-corrected chi connectivity index (χ0v) is 9.21. The van der Waals surface area contributed by atoms with E-state index in [1.807, 2.05) is 6.92 Å². The highest BCUT2D eigenvalue weighted by atomic mass is 16.1. The van der Waals surface area contributed by atoms with Crippen molar-refractivity contribution in [2.75, 3.05) is 5.73 Å². The predicted molar refractivity (Wildman–Crippen MR) is 60.9 cm³/mol. The van der Waals surface area contributed by atoms with Crippen LogP contribution in [0.2, 0.25) is 0 Å². The van der Waals surface area contributed by atoms with Gasteiger partial charge in [0.1, 0.15) is 17.3 Å². The zero-order chi connectivity index (χ0) is 12.3. The van der Waals surface area contributed by atoms with Crippen LogP contribution in [0.15, 0.2) is 24.8 Å². The van der Waals surface area contributed by atoms with E-state index in [9.17, 15) is 4.79 Å². The second-order valence-electron chi connectivity index (χ2n) is 3.50. The molecule has 0 aliphatic rings. The summed E-state index contributed by atoms with van der Waals surface area (Å²) in [6.45, 7) is 1.82. The van der Waals surface area contributed by atoms with E-state index >= 15 is 0 Å². The Bertz CT molecular complexity index is 492. The fourth-order valence-corrected chi connectivity index (χ4v) is 1.31. The average Bonchev–Trinajstić information content (AvgIpc) is 2.83. The van der Waals surface area contributed by atoms with Gasteiger partial charge in [-0.1, -0.05) is 0 Å². The minimum Gasteiger partial charge on any atom is -0.382 e. The van der Waals surface area contributed by atoms with Crippen LogP contribution in [0.4, 0.5) is 5.82 Å². The number of hydrogen-bond acceptors (Lipinski definition) is 5. The summed E-state index contributed by atoms with van der Waals surface area (Å²) in [6, 6.07) is -0.225. The Balaban J connectivity index is 2.04. The van der Waals surface area contributed by atoms with Crippen molar-refractivity contribution in [1.29, 1.82) is 0 Å². The highest BCUT2D eigenvalue weighted by Crippen LogP contribution is 2.06. The number of nitrogens with zero attached hydrogens (tertiary/aromatic N) is 3. The van der Waals surface area contributed by atoms with Gasteiger partial charge in [-0.3, -0.25) is 4.79 Å². The lowest BCUT2D eigenvalue weighted by atomic mass is 10.3. The van der Waals surface area contributed by atoms with Crippen LogP contribution in [0.1, 0.15) is 29.3 Å². The Hall–Kier alpha value is -2.44. The van der Waals surface area contributed by atoms with Crippen LogP contribution < -0.4 is 11.1 Å². The topological polar surface area (TPSA) is 110 Å². The minimum atomic E-state index is -0.318. The van der Waals surface area contributed by atoms with E-state index in [2.05, 4.69) is 25.3 Å². The molecular formula is C10H12N6O. The van der Waals surface area contributed by atoms with Gasteiger partial charge >= 0.3 is 0 Å². The molecule has 0 aliphatic carbocycles. The summed E-state index contributed by atoms with van der Waals surface area (Å²) < 4.78 is 0. The van der Waals surface area contributed by atoms with Crippen LogP contribution in [0.5, 0.6) is 0 Å². The number of anilines is 1. The second-order valence-corrected chi connectivity index (χ2v) is 3.50. The first-order chi connectivity index (χ1) is 8.16. The number of aromatic nitrogens is 4. The van der Waals surface area contributed by atoms with E-state index in [0.717, 1.165) is 0 Å². The van der Waals surface area contributed by atoms with E-state index in [1.165, 1.54) is 12.4 Å². The summed E-state index contributed by atoms with van der Waals surface area (Å²) in [6.07, 6.45) is 5.99. The molecule has 0 spiro atoms. The van der Waals surface area contributed by atoms with Gasteiger partial charge in [-0.05, 0) is 6.92 Å². The SMILES string of the molecule is CC(NC(=O)c1cnc(N)cn1)c1ncc[nH]1. The number of carbonyl (C=O) groups is 1. The average molecular weight is 232 g/mol. The molecule has 7 heteroatoms. The van der Waals surface area contributed by atoms with Crippen molar-refractivity contribution in [2.24, 2.45) is 0 Å². The molecule has 1 unspecified atom stereocenters. The first-order valence-corrected chi connectivity index (χ1v) is 5.04. The third-order valence-corrected chi connectivity index (χ3v) is 2.18. The first-order valence-electron chi connectivity index (χ1n) is 5.04. The van der Waals surface area contributed by atoms with Gasteiger partial charge in [-0.15, -0.1) is 0 Å². The number of nitrogens with one attached hydrogen (secondary N) is 2. The summed E-state index contributed by atoms with van der Waals surface area (Å²) >= 11 is 0. The van der Waals surface area contributed by atoms with Crippen molar-refractivity contribution in [3.05, 3.63) is 36.3 Å². The van der Waals surface area contributed by atoms with Crippen LogP contribution in [0, 0.1) is 0 Å². The number of amides is 1. The smallest absolute Gasteiger partial charge is 0.272 e.